The number of amides is 4. The topological polar surface area (TPSA) is 136 Å². The fourth-order valence-corrected chi connectivity index (χ4v) is 3.62. The molecule has 0 unspecified atom stereocenters. The summed E-state index contributed by atoms with van der Waals surface area (Å²) in [5, 5.41) is 5.09. The van der Waals surface area contributed by atoms with Crippen molar-refractivity contribution in [1.29, 1.82) is 0 Å². The zero-order valence-electron chi connectivity index (χ0n) is 22.1. The van der Waals surface area contributed by atoms with E-state index in [0.717, 1.165) is 0 Å². The van der Waals surface area contributed by atoms with Gasteiger partial charge in [0.25, 0.3) is 11.8 Å². The molecular weight excluding hydrogens is 448 g/mol. The van der Waals surface area contributed by atoms with Gasteiger partial charge in [0.1, 0.15) is 23.3 Å². The molecule has 10 nitrogen and oxygen atoms in total. The molecule has 0 aliphatic heterocycles. The van der Waals surface area contributed by atoms with Crippen LogP contribution in [0.25, 0.3) is 0 Å². The summed E-state index contributed by atoms with van der Waals surface area (Å²) in [4.78, 5) is 50.0. The van der Waals surface area contributed by atoms with Crippen molar-refractivity contribution in [2.24, 2.45) is 20.6 Å². The third-order valence-electron chi connectivity index (χ3n) is 3.84. The molecule has 0 aromatic heterocycles. The van der Waals surface area contributed by atoms with Crippen molar-refractivity contribution in [2.45, 2.75) is 92.5 Å². The van der Waals surface area contributed by atoms with Gasteiger partial charge in [0.2, 0.25) is 0 Å². The molecule has 0 aliphatic rings. The molecule has 0 fully saturated rings. The molecule has 0 saturated carbocycles. The van der Waals surface area contributed by atoms with Crippen LogP contribution in [0.4, 0.5) is 9.59 Å². The molecule has 0 spiro atoms. The van der Waals surface area contributed by atoms with Gasteiger partial charge in [0.05, 0.1) is 0 Å². The van der Waals surface area contributed by atoms with Crippen LogP contribution in [0.5, 0.6) is 0 Å². The van der Waals surface area contributed by atoms with Crippen LogP contribution in [0.1, 0.15) is 69.2 Å². The highest BCUT2D eigenvalue weighted by atomic mass is 32.2. The fourth-order valence-electron chi connectivity index (χ4n) is 2.47. The maximum atomic E-state index is 12.8. The summed E-state index contributed by atoms with van der Waals surface area (Å²) in [6.45, 7) is 17.4. The molecule has 192 valence electrons. The van der Waals surface area contributed by atoms with Gasteiger partial charge in [-0.15, -0.1) is 0 Å². The zero-order chi connectivity index (χ0) is 26.4. The molecule has 0 aromatic carbocycles. The minimum absolute atomic E-state index is 0.267. The molecule has 4 amide bonds. The Hall–Kier alpha value is -2.17. The highest BCUT2D eigenvalue weighted by molar-refractivity contribution is 7.95. The van der Waals surface area contributed by atoms with E-state index in [1.807, 2.05) is 0 Å². The van der Waals surface area contributed by atoms with E-state index in [9.17, 15) is 19.2 Å². The quantitative estimate of drug-likeness (QED) is 0.579. The Kier molecular flexibility index (Phi) is 11.0. The van der Waals surface area contributed by atoms with E-state index < -0.39 is 56.9 Å². The second-order valence-corrected chi connectivity index (χ2v) is 13.6. The van der Waals surface area contributed by atoms with Gasteiger partial charge in [0, 0.05) is 12.5 Å². The van der Waals surface area contributed by atoms with Crippen LogP contribution >= 0.6 is 0 Å². The van der Waals surface area contributed by atoms with E-state index in [2.05, 4.69) is 19.4 Å². The van der Waals surface area contributed by atoms with Gasteiger partial charge in [0.15, 0.2) is 0 Å². The summed E-state index contributed by atoms with van der Waals surface area (Å²) >= 11 is 0. The molecule has 2 N–H and O–H groups in total. The van der Waals surface area contributed by atoms with Crippen LogP contribution < -0.4 is 10.6 Å². The normalized spacial score (nSPS) is 14.2. The molecule has 0 heterocycles. The van der Waals surface area contributed by atoms with Crippen LogP contribution in [0, 0.1) is 11.8 Å². The van der Waals surface area contributed by atoms with Gasteiger partial charge in [-0.3, -0.25) is 9.59 Å². The van der Waals surface area contributed by atoms with E-state index >= 15 is 0 Å². The first-order chi connectivity index (χ1) is 14.6. The smallest absolute Gasteiger partial charge is 0.408 e. The van der Waals surface area contributed by atoms with Gasteiger partial charge in [-0.2, -0.15) is 8.73 Å². The summed E-state index contributed by atoms with van der Waals surface area (Å²) in [6.07, 6.45) is 1.70. The van der Waals surface area contributed by atoms with E-state index in [0.29, 0.717) is 0 Å². The summed E-state index contributed by atoms with van der Waals surface area (Å²) in [5.74, 6) is -1.74. The largest absolute Gasteiger partial charge is 0.444 e. The third-order valence-corrected chi connectivity index (χ3v) is 5.09. The summed E-state index contributed by atoms with van der Waals surface area (Å²) in [5.41, 5.74) is -1.43. The van der Waals surface area contributed by atoms with Crippen molar-refractivity contribution in [3.63, 3.8) is 0 Å². The molecular formula is C22H42N4O6S. The monoisotopic (exact) mass is 490 g/mol. The molecule has 11 heteroatoms. The number of hydrogen-bond donors (Lipinski definition) is 2. The summed E-state index contributed by atoms with van der Waals surface area (Å²) < 4.78 is 18.7. The standard InChI is InChI=1S/C22H42N4O6S/c1-13(2)15(23-19(29)31-21(5,6)7)17(27)25-33(11,12)26-18(28)16(14(3)4)24-20(30)32-22(8,9)10/h13-16H,1-12H3,(H,23,29)(H,24,30)/t15-,16-/m0/s1. The van der Waals surface area contributed by atoms with Crippen molar-refractivity contribution >= 4 is 33.6 Å². The van der Waals surface area contributed by atoms with Crippen LogP contribution in [-0.2, 0) is 28.7 Å². The van der Waals surface area contributed by atoms with Crippen molar-refractivity contribution < 1.29 is 28.7 Å². The first-order valence-corrected chi connectivity index (χ1v) is 13.3. The van der Waals surface area contributed by atoms with Gasteiger partial charge >= 0.3 is 12.2 Å². The van der Waals surface area contributed by atoms with Gasteiger partial charge in [-0.05, 0) is 63.0 Å². The number of carbonyl (C=O) groups excluding carboxylic acids is 4. The van der Waals surface area contributed by atoms with E-state index in [4.69, 9.17) is 9.47 Å². The maximum absolute atomic E-state index is 12.8. The van der Waals surface area contributed by atoms with E-state index in [-0.39, 0.29) is 11.8 Å². The minimum atomic E-state index is -2.41. The second kappa shape index (κ2) is 11.8. The molecule has 33 heavy (non-hydrogen) atoms. The number of rotatable bonds is 6. The summed E-state index contributed by atoms with van der Waals surface area (Å²) in [7, 11) is -2.41. The first kappa shape index (κ1) is 30.8. The molecule has 0 aliphatic carbocycles. The van der Waals surface area contributed by atoms with Crippen LogP contribution in [0.3, 0.4) is 0 Å². The molecule has 2 atom stereocenters. The van der Waals surface area contributed by atoms with Crippen LogP contribution in [0.15, 0.2) is 8.73 Å². The fraction of sp³-hybridized carbons (Fsp3) is 0.818. The molecule has 0 aromatic rings. The Morgan fingerprint density at radius 1 is 0.667 bits per heavy atom. The number of ether oxygens (including phenoxy) is 2. The number of hydrogen-bond acceptors (Lipinski definition) is 6. The number of nitrogens with one attached hydrogen (secondary N) is 2. The van der Waals surface area contributed by atoms with Crippen molar-refractivity contribution in [3.05, 3.63) is 0 Å². The Morgan fingerprint density at radius 3 is 1.15 bits per heavy atom. The molecule has 0 radical (unpaired) electrons. The molecule has 0 rings (SSSR count). The molecule has 0 bridgehead atoms. The first-order valence-electron chi connectivity index (χ1n) is 10.9. The second-order valence-electron chi connectivity index (χ2n) is 10.8. The lowest BCUT2D eigenvalue weighted by Crippen LogP contribution is -2.46. The van der Waals surface area contributed by atoms with Gasteiger partial charge in [-0.1, -0.05) is 27.7 Å². The van der Waals surface area contributed by atoms with E-state index in [1.165, 1.54) is 0 Å². The maximum Gasteiger partial charge on any atom is 0.408 e. The summed E-state index contributed by atoms with van der Waals surface area (Å²) in [6, 6.07) is -1.87. The lowest BCUT2D eigenvalue weighted by molar-refractivity contribution is -0.121. The van der Waals surface area contributed by atoms with Gasteiger partial charge < -0.3 is 20.1 Å². The predicted octanol–water partition coefficient (Wildman–Crippen LogP) is 3.92. The Labute approximate surface area is 198 Å². The highest BCUT2D eigenvalue weighted by Gasteiger charge is 2.29. The average molecular weight is 491 g/mol. The van der Waals surface area contributed by atoms with Crippen LogP contribution in [0.2, 0.25) is 0 Å². The van der Waals surface area contributed by atoms with E-state index in [1.54, 1.807) is 81.7 Å². The van der Waals surface area contributed by atoms with Crippen molar-refractivity contribution in [1.82, 2.24) is 10.6 Å². The Bertz CT molecular complexity index is 785. The Morgan fingerprint density at radius 2 is 0.939 bits per heavy atom. The van der Waals surface area contributed by atoms with Crippen LogP contribution in [-0.4, -0.2) is 59.8 Å². The molecule has 0 saturated heterocycles. The lowest BCUT2D eigenvalue weighted by atomic mass is 10.0. The number of nitrogens with zero attached hydrogens (tertiary/aromatic N) is 2. The third kappa shape index (κ3) is 13.2. The highest BCUT2D eigenvalue weighted by Crippen LogP contribution is 2.13. The average Bonchev–Trinajstić information content (AvgIpc) is 2.52. The Balaban J connectivity index is 5.76. The number of carbonyl (C=O) groups is 4. The predicted molar refractivity (Wildman–Crippen MR) is 130 cm³/mol. The number of alkyl carbamates (subject to hydrolysis) is 2. The minimum Gasteiger partial charge on any atom is -0.444 e. The SMILES string of the molecule is CC(C)[C@H](NC(=O)OC(C)(C)C)C(=O)N=S(C)(C)=NC(=O)[C@@H](NC(=O)OC(C)(C)C)C(C)C. The van der Waals surface area contributed by atoms with Gasteiger partial charge in [-0.25, -0.2) is 9.59 Å². The van der Waals surface area contributed by atoms with Crippen molar-refractivity contribution in [2.75, 3.05) is 12.5 Å². The van der Waals surface area contributed by atoms with Crippen molar-refractivity contribution in [3.8, 4) is 0 Å². The lowest BCUT2D eigenvalue weighted by Gasteiger charge is -2.24. The zero-order valence-corrected chi connectivity index (χ0v) is 22.9.